The van der Waals surface area contributed by atoms with Crippen molar-refractivity contribution in [2.75, 3.05) is 13.1 Å². The second-order valence-electron chi connectivity index (χ2n) is 4.85. The van der Waals surface area contributed by atoms with Gasteiger partial charge in [0.15, 0.2) is 0 Å². The van der Waals surface area contributed by atoms with E-state index < -0.39 is 0 Å². The summed E-state index contributed by atoms with van der Waals surface area (Å²) in [5, 5.41) is 5.98. The molecule has 0 saturated carbocycles. The van der Waals surface area contributed by atoms with Gasteiger partial charge in [0.2, 0.25) is 5.91 Å². The van der Waals surface area contributed by atoms with E-state index in [-0.39, 0.29) is 17.6 Å². The number of benzene rings is 1. The average molecular weight is 276 g/mol. The van der Waals surface area contributed by atoms with Crippen LogP contribution >= 0.6 is 0 Å². The van der Waals surface area contributed by atoms with Gasteiger partial charge in [0.25, 0.3) is 0 Å². The molecule has 6 nitrogen and oxygen atoms in total. The minimum absolute atomic E-state index is 0.0337. The first kappa shape index (κ1) is 14.3. The first-order valence-corrected chi connectivity index (χ1v) is 6.82. The van der Waals surface area contributed by atoms with E-state index in [2.05, 4.69) is 27.5 Å². The number of nitrogens with one attached hydrogen (secondary N) is 4. The van der Waals surface area contributed by atoms with E-state index in [1.807, 2.05) is 25.1 Å². The molecule has 20 heavy (non-hydrogen) atoms. The fourth-order valence-electron chi connectivity index (χ4n) is 2.07. The predicted octanol–water partition coefficient (Wildman–Crippen LogP) is 1.03. The van der Waals surface area contributed by atoms with Crippen molar-refractivity contribution in [1.82, 2.24) is 20.6 Å². The number of carbonyl (C=O) groups is 1. The van der Waals surface area contributed by atoms with Gasteiger partial charge in [-0.05, 0) is 37.6 Å². The van der Waals surface area contributed by atoms with E-state index in [1.165, 1.54) is 0 Å². The summed E-state index contributed by atoms with van der Waals surface area (Å²) in [6.45, 7) is 5.13. The number of fused-ring (bicyclic) bond motifs is 1. The van der Waals surface area contributed by atoms with Crippen molar-refractivity contribution in [1.29, 1.82) is 0 Å². The van der Waals surface area contributed by atoms with Gasteiger partial charge in [0.05, 0.1) is 23.6 Å². The Morgan fingerprint density at radius 3 is 2.80 bits per heavy atom. The molecule has 2 aromatic rings. The Balaban J connectivity index is 2.01. The van der Waals surface area contributed by atoms with Crippen molar-refractivity contribution in [3.05, 3.63) is 34.2 Å². The van der Waals surface area contributed by atoms with Crippen molar-refractivity contribution >= 4 is 16.9 Å². The van der Waals surface area contributed by atoms with Gasteiger partial charge in [-0.15, -0.1) is 0 Å². The van der Waals surface area contributed by atoms with Crippen LogP contribution in [0.2, 0.25) is 0 Å². The van der Waals surface area contributed by atoms with E-state index in [0.29, 0.717) is 6.54 Å². The van der Waals surface area contributed by atoms with Crippen LogP contribution < -0.4 is 16.3 Å². The minimum Gasteiger partial charge on any atom is -0.348 e. The molecule has 1 unspecified atom stereocenters. The van der Waals surface area contributed by atoms with Gasteiger partial charge in [0, 0.05) is 0 Å². The Hall–Kier alpha value is -2.08. The molecule has 0 spiro atoms. The SMILES string of the molecule is CCCNCC(=O)NC(C)c1ccc2[nH]c(=O)[nH]c2c1. The largest absolute Gasteiger partial charge is 0.348 e. The average Bonchev–Trinajstić information content (AvgIpc) is 2.77. The zero-order valence-electron chi connectivity index (χ0n) is 11.7. The topological polar surface area (TPSA) is 89.8 Å². The number of aromatic nitrogens is 2. The number of imidazole rings is 1. The molecule has 1 aromatic carbocycles. The Bertz CT molecular complexity index is 644. The number of amides is 1. The highest BCUT2D eigenvalue weighted by atomic mass is 16.2. The molecule has 1 heterocycles. The van der Waals surface area contributed by atoms with E-state index in [9.17, 15) is 9.59 Å². The van der Waals surface area contributed by atoms with Gasteiger partial charge in [0.1, 0.15) is 0 Å². The van der Waals surface area contributed by atoms with Gasteiger partial charge < -0.3 is 20.6 Å². The maximum Gasteiger partial charge on any atom is 0.323 e. The summed E-state index contributed by atoms with van der Waals surface area (Å²) in [6.07, 6.45) is 1.00. The third-order valence-corrected chi connectivity index (χ3v) is 3.13. The third kappa shape index (κ3) is 3.48. The van der Waals surface area contributed by atoms with Crippen LogP contribution in [0.15, 0.2) is 23.0 Å². The van der Waals surface area contributed by atoms with Crippen LogP contribution in [-0.4, -0.2) is 29.0 Å². The quantitative estimate of drug-likeness (QED) is 0.594. The number of rotatable bonds is 6. The van der Waals surface area contributed by atoms with Crippen LogP contribution in [0, 0.1) is 0 Å². The fourth-order valence-corrected chi connectivity index (χ4v) is 2.07. The molecule has 108 valence electrons. The zero-order valence-corrected chi connectivity index (χ0v) is 11.7. The Morgan fingerprint density at radius 1 is 1.30 bits per heavy atom. The lowest BCUT2D eigenvalue weighted by molar-refractivity contribution is -0.120. The van der Waals surface area contributed by atoms with Gasteiger partial charge in [-0.1, -0.05) is 13.0 Å². The molecule has 6 heteroatoms. The monoisotopic (exact) mass is 276 g/mol. The molecule has 0 aliphatic heterocycles. The summed E-state index contributed by atoms with van der Waals surface area (Å²) in [7, 11) is 0. The highest BCUT2D eigenvalue weighted by Crippen LogP contribution is 2.16. The minimum atomic E-state index is -0.224. The van der Waals surface area contributed by atoms with Gasteiger partial charge in [-0.3, -0.25) is 4.79 Å². The molecule has 2 rings (SSSR count). The highest BCUT2D eigenvalue weighted by molar-refractivity contribution is 5.79. The molecule has 0 radical (unpaired) electrons. The second-order valence-corrected chi connectivity index (χ2v) is 4.85. The normalized spacial score (nSPS) is 12.5. The highest BCUT2D eigenvalue weighted by Gasteiger charge is 2.10. The number of hydrogen-bond donors (Lipinski definition) is 4. The first-order chi connectivity index (χ1) is 9.60. The zero-order chi connectivity index (χ0) is 14.5. The Labute approximate surface area is 117 Å². The van der Waals surface area contributed by atoms with Gasteiger partial charge in [-0.25, -0.2) is 4.79 Å². The van der Waals surface area contributed by atoms with Crippen LogP contribution in [0.3, 0.4) is 0 Å². The lowest BCUT2D eigenvalue weighted by atomic mass is 10.1. The fraction of sp³-hybridized carbons (Fsp3) is 0.429. The lowest BCUT2D eigenvalue weighted by Crippen LogP contribution is -2.35. The summed E-state index contributed by atoms with van der Waals surface area (Å²) in [6, 6.07) is 5.50. The molecular formula is C14H20N4O2. The van der Waals surface area contributed by atoms with E-state index in [0.717, 1.165) is 29.6 Å². The van der Waals surface area contributed by atoms with E-state index >= 15 is 0 Å². The number of hydrogen-bond acceptors (Lipinski definition) is 3. The number of carbonyl (C=O) groups excluding carboxylic acids is 1. The molecule has 0 aliphatic carbocycles. The summed E-state index contributed by atoms with van der Waals surface area (Å²) in [5.41, 5.74) is 2.24. The maximum atomic E-state index is 11.7. The van der Waals surface area contributed by atoms with Crippen LogP contribution in [0.1, 0.15) is 31.9 Å². The Kier molecular flexibility index (Phi) is 4.57. The summed E-state index contributed by atoms with van der Waals surface area (Å²) in [4.78, 5) is 28.3. The first-order valence-electron chi connectivity index (χ1n) is 6.82. The molecular weight excluding hydrogens is 256 g/mol. The molecule has 1 atom stereocenters. The van der Waals surface area contributed by atoms with Crippen LogP contribution in [0.5, 0.6) is 0 Å². The van der Waals surface area contributed by atoms with Crippen molar-refractivity contribution in [2.45, 2.75) is 26.3 Å². The standard InChI is InChI=1S/C14H20N4O2/c1-3-6-15-8-13(19)16-9(2)10-4-5-11-12(7-10)18-14(20)17-11/h4-5,7,9,15H,3,6,8H2,1-2H3,(H,16,19)(H2,17,18,20). The molecule has 4 N–H and O–H groups in total. The lowest BCUT2D eigenvalue weighted by Gasteiger charge is -2.14. The van der Waals surface area contributed by atoms with Crippen LogP contribution in [0.4, 0.5) is 0 Å². The molecule has 0 bridgehead atoms. The summed E-state index contributed by atoms with van der Waals surface area (Å²) in [5.74, 6) is -0.0337. The summed E-state index contributed by atoms with van der Waals surface area (Å²) < 4.78 is 0. The van der Waals surface area contributed by atoms with Crippen molar-refractivity contribution in [3.8, 4) is 0 Å². The molecule has 1 aromatic heterocycles. The van der Waals surface area contributed by atoms with Gasteiger partial charge >= 0.3 is 5.69 Å². The van der Waals surface area contributed by atoms with Crippen molar-refractivity contribution < 1.29 is 4.79 Å². The van der Waals surface area contributed by atoms with Crippen molar-refractivity contribution in [2.24, 2.45) is 0 Å². The second kappa shape index (κ2) is 6.38. The van der Waals surface area contributed by atoms with Crippen LogP contribution in [0.25, 0.3) is 11.0 Å². The summed E-state index contributed by atoms with van der Waals surface area (Å²) >= 11 is 0. The smallest absolute Gasteiger partial charge is 0.323 e. The number of aromatic amines is 2. The predicted molar refractivity (Wildman–Crippen MR) is 78.6 cm³/mol. The maximum absolute atomic E-state index is 11.7. The third-order valence-electron chi connectivity index (χ3n) is 3.13. The molecule has 0 aliphatic rings. The van der Waals surface area contributed by atoms with E-state index in [1.54, 1.807) is 0 Å². The molecule has 0 saturated heterocycles. The molecule has 1 amide bonds. The number of H-pyrrole nitrogens is 2. The van der Waals surface area contributed by atoms with Crippen molar-refractivity contribution in [3.63, 3.8) is 0 Å². The van der Waals surface area contributed by atoms with Gasteiger partial charge in [-0.2, -0.15) is 0 Å². The van der Waals surface area contributed by atoms with E-state index in [4.69, 9.17) is 0 Å². The van der Waals surface area contributed by atoms with Crippen LogP contribution in [-0.2, 0) is 4.79 Å². The Morgan fingerprint density at radius 2 is 2.05 bits per heavy atom. The molecule has 0 fully saturated rings.